The molecule has 0 radical (unpaired) electrons. The third kappa shape index (κ3) is 5.11. The minimum absolute atomic E-state index is 0.145. The fourth-order valence-electron chi connectivity index (χ4n) is 3.85. The fourth-order valence-corrected chi connectivity index (χ4v) is 6.05. The lowest BCUT2D eigenvalue weighted by atomic mass is 10.2. The largest absolute Gasteiger partial charge is 0.334 e. The summed E-state index contributed by atoms with van der Waals surface area (Å²) in [6.45, 7) is 5.83. The monoisotopic (exact) mass is 494 g/mol. The summed E-state index contributed by atoms with van der Waals surface area (Å²) in [5.41, 5.74) is 0.787. The Kier molecular flexibility index (Phi) is 7.26. The van der Waals surface area contributed by atoms with Gasteiger partial charge in [0.05, 0.1) is 16.8 Å². The quantitative estimate of drug-likeness (QED) is 0.355. The Morgan fingerprint density at radius 2 is 2.13 bits per heavy atom. The van der Waals surface area contributed by atoms with Crippen molar-refractivity contribution in [2.24, 2.45) is 5.92 Å². The lowest BCUT2D eigenvalue weighted by Crippen LogP contribution is -2.31. The summed E-state index contributed by atoms with van der Waals surface area (Å²) in [6.07, 6.45) is 2.07. The topological polar surface area (TPSA) is 51.0 Å². The number of benzene rings is 1. The van der Waals surface area contributed by atoms with Crippen LogP contribution in [0.2, 0.25) is 10.0 Å². The normalized spacial score (nSPS) is 16.4. The smallest absolute Gasteiger partial charge is 0.233 e. The number of hydrogen-bond acceptors (Lipinski definition) is 5. The molecule has 2 aromatic heterocycles. The molecule has 1 unspecified atom stereocenters. The van der Waals surface area contributed by atoms with Crippen molar-refractivity contribution in [3.63, 3.8) is 0 Å². The molecule has 31 heavy (non-hydrogen) atoms. The number of aromatic nitrogens is 3. The third-order valence-electron chi connectivity index (χ3n) is 5.21. The second-order valence-corrected chi connectivity index (χ2v) is 10.7. The average molecular weight is 496 g/mol. The zero-order valence-corrected chi connectivity index (χ0v) is 20.6. The molecule has 9 heteroatoms. The number of likely N-dealkylation sites (tertiary alicyclic amines) is 1. The number of rotatable bonds is 7. The molecule has 1 fully saturated rings. The molecular formula is C22H24Cl2N4OS2. The van der Waals surface area contributed by atoms with Gasteiger partial charge in [0.1, 0.15) is 0 Å². The SMILES string of the molecule is CC(C)Cn1c(SCC(=O)N2CCCC2c2cccs2)nnc1-c1ccc(Cl)cc1Cl. The third-order valence-corrected chi connectivity index (χ3v) is 7.68. The Morgan fingerprint density at radius 3 is 2.84 bits per heavy atom. The number of carbonyl (C=O) groups excluding carboxylic acids is 1. The van der Waals surface area contributed by atoms with Gasteiger partial charge in [0.25, 0.3) is 0 Å². The van der Waals surface area contributed by atoms with Crippen molar-refractivity contribution in [3.8, 4) is 11.4 Å². The van der Waals surface area contributed by atoms with E-state index in [0.717, 1.165) is 36.7 Å². The summed E-state index contributed by atoms with van der Waals surface area (Å²) in [5, 5.41) is 12.7. The van der Waals surface area contributed by atoms with Gasteiger partial charge in [-0.3, -0.25) is 4.79 Å². The molecular weight excluding hydrogens is 471 g/mol. The van der Waals surface area contributed by atoms with Gasteiger partial charge in [-0.25, -0.2) is 0 Å². The van der Waals surface area contributed by atoms with Crippen LogP contribution in [-0.4, -0.2) is 37.9 Å². The van der Waals surface area contributed by atoms with Crippen molar-refractivity contribution in [1.82, 2.24) is 19.7 Å². The molecule has 0 N–H and O–H groups in total. The predicted octanol–water partition coefficient (Wildman–Crippen LogP) is 6.43. The molecule has 0 aliphatic carbocycles. The summed E-state index contributed by atoms with van der Waals surface area (Å²) < 4.78 is 2.05. The van der Waals surface area contributed by atoms with Crippen LogP contribution >= 0.6 is 46.3 Å². The van der Waals surface area contributed by atoms with E-state index in [4.69, 9.17) is 23.2 Å². The van der Waals surface area contributed by atoms with E-state index in [1.807, 2.05) is 17.0 Å². The van der Waals surface area contributed by atoms with Gasteiger partial charge in [-0.15, -0.1) is 21.5 Å². The zero-order valence-electron chi connectivity index (χ0n) is 17.4. The Bertz CT molecular complexity index is 1050. The molecule has 1 aliphatic heterocycles. The molecule has 5 nitrogen and oxygen atoms in total. The van der Waals surface area contributed by atoms with Crippen LogP contribution in [0.1, 0.15) is 37.6 Å². The van der Waals surface area contributed by atoms with Gasteiger partial charge >= 0.3 is 0 Å². The highest BCUT2D eigenvalue weighted by molar-refractivity contribution is 7.99. The highest BCUT2D eigenvalue weighted by atomic mass is 35.5. The molecule has 1 aliphatic rings. The van der Waals surface area contributed by atoms with Crippen LogP contribution in [0.5, 0.6) is 0 Å². The number of amides is 1. The van der Waals surface area contributed by atoms with E-state index in [-0.39, 0.29) is 11.9 Å². The van der Waals surface area contributed by atoms with Gasteiger partial charge in [0.2, 0.25) is 5.91 Å². The maximum atomic E-state index is 13.0. The van der Waals surface area contributed by atoms with Gasteiger partial charge < -0.3 is 9.47 Å². The number of carbonyl (C=O) groups is 1. The second-order valence-electron chi connectivity index (χ2n) is 7.98. The first-order valence-electron chi connectivity index (χ1n) is 10.3. The van der Waals surface area contributed by atoms with E-state index in [1.165, 1.54) is 16.6 Å². The van der Waals surface area contributed by atoms with Gasteiger partial charge in [0.15, 0.2) is 11.0 Å². The Balaban J connectivity index is 1.53. The van der Waals surface area contributed by atoms with E-state index >= 15 is 0 Å². The molecule has 0 saturated carbocycles. The molecule has 0 spiro atoms. The van der Waals surface area contributed by atoms with Gasteiger partial charge in [-0.05, 0) is 48.4 Å². The average Bonchev–Trinajstić information content (AvgIpc) is 3.47. The summed E-state index contributed by atoms with van der Waals surface area (Å²) in [5.74, 6) is 1.57. The molecule has 1 aromatic carbocycles. The molecule has 3 heterocycles. The molecule has 4 rings (SSSR count). The number of hydrogen-bond donors (Lipinski definition) is 0. The minimum atomic E-state index is 0.145. The molecule has 1 amide bonds. The first-order valence-corrected chi connectivity index (χ1v) is 12.9. The van der Waals surface area contributed by atoms with Crippen molar-refractivity contribution in [2.45, 2.75) is 44.4 Å². The molecule has 0 bridgehead atoms. The maximum Gasteiger partial charge on any atom is 0.233 e. The summed E-state index contributed by atoms with van der Waals surface area (Å²) >= 11 is 15.6. The fraction of sp³-hybridized carbons (Fsp3) is 0.409. The van der Waals surface area contributed by atoms with Crippen molar-refractivity contribution < 1.29 is 4.79 Å². The van der Waals surface area contributed by atoms with Gasteiger partial charge in [0, 0.05) is 28.6 Å². The number of thioether (sulfide) groups is 1. The van der Waals surface area contributed by atoms with E-state index < -0.39 is 0 Å². The number of halogens is 2. The standard InChI is InChI=1S/C22H24Cl2N4OS2/c1-14(2)12-28-21(16-8-7-15(23)11-17(16)24)25-26-22(28)31-13-20(29)27-9-3-5-18(27)19-6-4-10-30-19/h4,6-8,10-11,14,18H,3,5,9,12-13H2,1-2H3. The van der Waals surface area contributed by atoms with E-state index in [2.05, 4.69) is 40.1 Å². The van der Waals surface area contributed by atoms with Crippen molar-refractivity contribution in [2.75, 3.05) is 12.3 Å². The summed E-state index contributed by atoms with van der Waals surface area (Å²) in [7, 11) is 0. The molecule has 1 saturated heterocycles. The first kappa shape index (κ1) is 22.6. The molecule has 3 aromatic rings. The lowest BCUT2D eigenvalue weighted by Gasteiger charge is -2.23. The minimum Gasteiger partial charge on any atom is -0.334 e. The van der Waals surface area contributed by atoms with Crippen LogP contribution in [0.3, 0.4) is 0 Å². The van der Waals surface area contributed by atoms with Crippen molar-refractivity contribution in [1.29, 1.82) is 0 Å². The van der Waals surface area contributed by atoms with E-state index in [0.29, 0.717) is 27.5 Å². The number of nitrogens with zero attached hydrogens (tertiary/aromatic N) is 4. The number of thiophene rings is 1. The predicted molar refractivity (Wildman–Crippen MR) is 129 cm³/mol. The molecule has 164 valence electrons. The van der Waals surface area contributed by atoms with Crippen LogP contribution in [0.4, 0.5) is 0 Å². The first-order chi connectivity index (χ1) is 14.9. The van der Waals surface area contributed by atoms with E-state index in [9.17, 15) is 4.79 Å². The highest BCUT2D eigenvalue weighted by Crippen LogP contribution is 2.36. The van der Waals surface area contributed by atoms with Crippen LogP contribution in [0.15, 0.2) is 40.9 Å². The Morgan fingerprint density at radius 1 is 1.29 bits per heavy atom. The highest BCUT2D eigenvalue weighted by Gasteiger charge is 2.31. The zero-order chi connectivity index (χ0) is 22.0. The van der Waals surface area contributed by atoms with E-state index in [1.54, 1.807) is 23.5 Å². The van der Waals surface area contributed by atoms with Crippen molar-refractivity contribution in [3.05, 3.63) is 50.6 Å². The Labute approximate surface area is 200 Å². The Hall–Kier alpha value is -1.54. The summed E-state index contributed by atoms with van der Waals surface area (Å²) in [6, 6.07) is 9.74. The molecule has 1 atom stereocenters. The summed E-state index contributed by atoms with van der Waals surface area (Å²) in [4.78, 5) is 16.3. The lowest BCUT2D eigenvalue weighted by molar-refractivity contribution is -0.129. The van der Waals surface area contributed by atoms with Crippen LogP contribution < -0.4 is 0 Å². The van der Waals surface area contributed by atoms with Crippen LogP contribution in [-0.2, 0) is 11.3 Å². The second kappa shape index (κ2) is 9.94. The maximum absolute atomic E-state index is 13.0. The van der Waals surface area contributed by atoms with Gasteiger partial charge in [-0.2, -0.15) is 0 Å². The van der Waals surface area contributed by atoms with Gasteiger partial charge in [-0.1, -0.05) is 54.9 Å². The van der Waals surface area contributed by atoms with Crippen molar-refractivity contribution >= 4 is 52.2 Å². The van der Waals surface area contributed by atoms with Crippen LogP contribution in [0, 0.1) is 5.92 Å². The van der Waals surface area contributed by atoms with Crippen LogP contribution in [0.25, 0.3) is 11.4 Å².